The van der Waals surface area contributed by atoms with E-state index in [0.29, 0.717) is 0 Å². The van der Waals surface area contributed by atoms with Crippen LogP contribution in [0.2, 0.25) is 0 Å². The molecule has 2 aliphatic carbocycles. The lowest BCUT2D eigenvalue weighted by atomic mass is 10.1. The second-order valence-corrected chi connectivity index (χ2v) is 7.50. The Hall–Kier alpha value is -0.120. The summed E-state index contributed by atoms with van der Waals surface area (Å²) in [5, 5.41) is 3.88. The Bertz CT molecular complexity index is 324. The van der Waals surface area contributed by atoms with Gasteiger partial charge in [0.15, 0.2) is 0 Å². The van der Waals surface area contributed by atoms with Gasteiger partial charge in [-0.05, 0) is 64.5 Å². The average molecular weight is 263 g/mol. The van der Waals surface area contributed by atoms with Crippen molar-refractivity contribution >= 4 is 0 Å². The highest BCUT2D eigenvalue weighted by molar-refractivity contribution is 4.96. The molecule has 0 amide bonds. The van der Waals surface area contributed by atoms with Crippen LogP contribution in [0, 0.1) is 5.92 Å². The maximum atomic E-state index is 3.88. The predicted molar refractivity (Wildman–Crippen MR) is 78.3 cm³/mol. The van der Waals surface area contributed by atoms with E-state index < -0.39 is 0 Å². The zero-order chi connectivity index (χ0) is 12.8. The third kappa shape index (κ3) is 2.84. The molecule has 3 heteroatoms. The van der Waals surface area contributed by atoms with Gasteiger partial charge in [-0.15, -0.1) is 0 Å². The van der Waals surface area contributed by atoms with Gasteiger partial charge in [0, 0.05) is 37.3 Å². The third-order valence-electron chi connectivity index (χ3n) is 5.71. The highest BCUT2D eigenvalue weighted by Crippen LogP contribution is 2.34. The van der Waals surface area contributed by atoms with Crippen LogP contribution in [-0.2, 0) is 0 Å². The molecule has 1 N–H and O–H groups in total. The average Bonchev–Trinajstić information content (AvgIpc) is 3.33. The van der Waals surface area contributed by atoms with Gasteiger partial charge in [0.1, 0.15) is 0 Å². The van der Waals surface area contributed by atoms with E-state index in [9.17, 15) is 0 Å². The molecule has 3 atom stereocenters. The number of nitrogens with one attached hydrogen (secondary N) is 1. The van der Waals surface area contributed by atoms with Gasteiger partial charge in [0.25, 0.3) is 0 Å². The van der Waals surface area contributed by atoms with Gasteiger partial charge >= 0.3 is 0 Å². The van der Waals surface area contributed by atoms with Crippen LogP contribution < -0.4 is 5.32 Å². The minimum Gasteiger partial charge on any atom is -0.312 e. The van der Waals surface area contributed by atoms with E-state index in [2.05, 4.69) is 22.0 Å². The zero-order valence-corrected chi connectivity index (χ0v) is 12.4. The highest BCUT2D eigenvalue weighted by atomic mass is 15.3. The number of likely N-dealkylation sites (tertiary alicyclic amines) is 2. The minimum absolute atomic E-state index is 0.769. The highest BCUT2D eigenvalue weighted by Gasteiger charge is 2.39. The molecular formula is C16H29N3. The van der Waals surface area contributed by atoms with Crippen molar-refractivity contribution in [3.63, 3.8) is 0 Å². The molecule has 2 saturated heterocycles. The van der Waals surface area contributed by atoms with Gasteiger partial charge in [-0.3, -0.25) is 4.90 Å². The second kappa shape index (κ2) is 5.01. The Morgan fingerprint density at radius 2 is 1.79 bits per heavy atom. The molecule has 3 nitrogen and oxygen atoms in total. The number of hydrogen-bond donors (Lipinski definition) is 1. The summed E-state index contributed by atoms with van der Waals surface area (Å²) in [6, 6.07) is 3.50. The summed E-state index contributed by atoms with van der Waals surface area (Å²) in [6.07, 6.45) is 8.65. The fourth-order valence-electron chi connectivity index (χ4n) is 4.25. The van der Waals surface area contributed by atoms with Gasteiger partial charge in [-0.25, -0.2) is 0 Å². The quantitative estimate of drug-likeness (QED) is 0.814. The van der Waals surface area contributed by atoms with Crippen molar-refractivity contribution < 1.29 is 0 Å². The normalized spacial score (nSPS) is 41.2. The maximum Gasteiger partial charge on any atom is 0.0210 e. The molecule has 0 spiro atoms. The van der Waals surface area contributed by atoms with Crippen molar-refractivity contribution in [2.75, 3.05) is 26.2 Å². The molecule has 0 aromatic rings. The molecule has 4 aliphatic rings. The van der Waals surface area contributed by atoms with Gasteiger partial charge in [-0.2, -0.15) is 0 Å². The fourth-order valence-corrected chi connectivity index (χ4v) is 4.25. The first-order chi connectivity index (χ1) is 9.29. The fraction of sp³-hybridized carbons (Fsp3) is 1.00. The van der Waals surface area contributed by atoms with Crippen molar-refractivity contribution in [2.24, 2.45) is 5.92 Å². The van der Waals surface area contributed by atoms with E-state index in [4.69, 9.17) is 0 Å². The molecule has 4 fully saturated rings. The molecule has 3 unspecified atom stereocenters. The van der Waals surface area contributed by atoms with Crippen LogP contribution in [-0.4, -0.2) is 60.1 Å². The van der Waals surface area contributed by atoms with Gasteiger partial charge in [-0.1, -0.05) is 0 Å². The van der Waals surface area contributed by atoms with Crippen LogP contribution in [0.1, 0.15) is 45.4 Å². The van der Waals surface area contributed by atoms with E-state index in [1.165, 1.54) is 64.7 Å². The molecule has 0 aromatic carbocycles. The van der Waals surface area contributed by atoms with Crippen molar-refractivity contribution in [3.05, 3.63) is 0 Å². The van der Waals surface area contributed by atoms with Gasteiger partial charge < -0.3 is 10.2 Å². The first-order valence-electron chi connectivity index (χ1n) is 8.53. The number of hydrogen-bond acceptors (Lipinski definition) is 3. The van der Waals surface area contributed by atoms with Crippen molar-refractivity contribution in [3.8, 4) is 0 Å². The third-order valence-corrected chi connectivity index (χ3v) is 5.71. The second-order valence-electron chi connectivity index (χ2n) is 7.50. The zero-order valence-electron chi connectivity index (χ0n) is 12.4. The number of nitrogens with zero attached hydrogens (tertiary/aromatic N) is 2. The van der Waals surface area contributed by atoms with Crippen LogP contribution in [0.5, 0.6) is 0 Å². The molecule has 0 radical (unpaired) electrons. The Kier molecular flexibility index (Phi) is 3.33. The van der Waals surface area contributed by atoms with E-state index in [-0.39, 0.29) is 0 Å². The van der Waals surface area contributed by atoms with Gasteiger partial charge in [0.05, 0.1) is 0 Å². The van der Waals surface area contributed by atoms with Crippen LogP contribution in [0.3, 0.4) is 0 Å². The van der Waals surface area contributed by atoms with Crippen LogP contribution in [0.4, 0.5) is 0 Å². The van der Waals surface area contributed by atoms with Crippen molar-refractivity contribution in [1.29, 1.82) is 0 Å². The van der Waals surface area contributed by atoms with Crippen LogP contribution in [0.15, 0.2) is 0 Å². The molecule has 0 bridgehead atoms. The summed E-state index contributed by atoms with van der Waals surface area (Å²) < 4.78 is 0. The molecule has 2 heterocycles. The largest absolute Gasteiger partial charge is 0.312 e. The van der Waals surface area contributed by atoms with E-state index in [1.807, 2.05) is 0 Å². The smallest absolute Gasteiger partial charge is 0.0210 e. The molecule has 4 rings (SSSR count). The van der Waals surface area contributed by atoms with Crippen molar-refractivity contribution in [1.82, 2.24) is 15.1 Å². The molecule has 2 aliphatic heterocycles. The van der Waals surface area contributed by atoms with Crippen LogP contribution >= 0.6 is 0 Å². The van der Waals surface area contributed by atoms with Gasteiger partial charge in [0.2, 0.25) is 0 Å². The Balaban J connectivity index is 1.20. The molecular weight excluding hydrogens is 234 g/mol. The lowest BCUT2D eigenvalue weighted by molar-refractivity contribution is 0.254. The summed E-state index contributed by atoms with van der Waals surface area (Å²) in [7, 11) is 0. The standard InChI is InChI=1S/C16H29N3/c1-12-8-14(11-19(12)16-4-5-16)17-9-13-6-7-18(10-13)15-2-3-15/h12-17H,2-11H2,1H3. The molecule has 108 valence electrons. The lowest BCUT2D eigenvalue weighted by Gasteiger charge is -2.20. The topological polar surface area (TPSA) is 18.5 Å². The van der Waals surface area contributed by atoms with E-state index in [1.54, 1.807) is 0 Å². The van der Waals surface area contributed by atoms with E-state index >= 15 is 0 Å². The predicted octanol–water partition coefficient (Wildman–Crippen LogP) is 1.69. The first-order valence-corrected chi connectivity index (χ1v) is 8.53. The SMILES string of the molecule is CC1CC(NCC2CCN(C3CC3)C2)CN1C1CC1. The molecule has 2 saturated carbocycles. The summed E-state index contributed by atoms with van der Waals surface area (Å²) in [5.41, 5.74) is 0. The maximum absolute atomic E-state index is 3.88. The molecule has 19 heavy (non-hydrogen) atoms. The Morgan fingerprint density at radius 1 is 1.00 bits per heavy atom. The van der Waals surface area contributed by atoms with E-state index in [0.717, 1.165) is 30.1 Å². The Morgan fingerprint density at radius 3 is 2.53 bits per heavy atom. The summed E-state index contributed by atoms with van der Waals surface area (Å²) in [4.78, 5) is 5.49. The summed E-state index contributed by atoms with van der Waals surface area (Å²) in [6.45, 7) is 7.73. The minimum atomic E-state index is 0.769. The summed E-state index contributed by atoms with van der Waals surface area (Å²) in [5.74, 6) is 0.922. The molecule has 0 aromatic heterocycles. The monoisotopic (exact) mass is 263 g/mol. The number of rotatable bonds is 5. The Labute approximate surface area is 117 Å². The van der Waals surface area contributed by atoms with Crippen molar-refractivity contribution in [2.45, 2.75) is 69.6 Å². The summed E-state index contributed by atoms with van der Waals surface area (Å²) >= 11 is 0. The lowest BCUT2D eigenvalue weighted by Crippen LogP contribution is -2.37. The van der Waals surface area contributed by atoms with Crippen LogP contribution in [0.25, 0.3) is 0 Å². The first kappa shape index (κ1) is 12.6.